The molecule has 1 atom stereocenters. The summed E-state index contributed by atoms with van der Waals surface area (Å²) in [5, 5.41) is 6.64. The average molecular weight is 171 g/mol. The molecule has 1 unspecified atom stereocenters. The second-order valence-corrected chi connectivity index (χ2v) is 3.55. The van der Waals surface area contributed by atoms with Crippen LogP contribution in [-0.2, 0) is 0 Å². The van der Waals surface area contributed by atoms with Crippen LogP contribution in [0.25, 0.3) is 0 Å². The third-order valence-corrected chi connectivity index (χ3v) is 2.50. The summed E-state index contributed by atoms with van der Waals surface area (Å²) >= 11 is 0. The fourth-order valence-electron chi connectivity index (χ4n) is 1.73. The molecule has 1 saturated heterocycles. The van der Waals surface area contributed by atoms with E-state index in [1.54, 1.807) is 0 Å². The summed E-state index contributed by atoms with van der Waals surface area (Å²) in [6, 6.07) is 0.676. The lowest BCUT2D eigenvalue weighted by Crippen LogP contribution is -2.41. The molecule has 1 fully saturated rings. The van der Waals surface area contributed by atoms with Crippen molar-refractivity contribution < 1.29 is 0 Å². The van der Waals surface area contributed by atoms with Crippen LogP contribution in [0, 0.1) is 0 Å². The minimum Gasteiger partial charge on any atom is -0.318 e. The molecule has 3 heteroatoms. The molecule has 1 heterocycles. The fourth-order valence-corrected chi connectivity index (χ4v) is 1.73. The molecule has 3 nitrogen and oxygen atoms in total. The molecule has 0 aromatic rings. The van der Waals surface area contributed by atoms with E-state index in [1.165, 1.54) is 26.1 Å². The zero-order valence-corrected chi connectivity index (χ0v) is 8.27. The first-order valence-electron chi connectivity index (χ1n) is 4.94. The van der Waals surface area contributed by atoms with Crippen molar-refractivity contribution in [2.75, 3.05) is 39.8 Å². The lowest BCUT2D eigenvalue weighted by Gasteiger charge is -2.26. The molecule has 0 radical (unpaired) electrons. The SMILES string of the molecule is CNCC(C)N1CCCNCC1. The van der Waals surface area contributed by atoms with Crippen LogP contribution in [0.5, 0.6) is 0 Å². The molecule has 1 aliphatic heterocycles. The standard InChI is InChI=1S/C9H21N3/c1-9(8-10-2)12-6-3-4-11-5-7-12/h9-11H,3-8H2,1-2H3. The minimum absolute atomic E-state index is 0.676. The van der Waals surface area contributed by atoms with E-state index < -0.39 is 0 Å². The van der Waals surface area contributed by atoms with E-state index in [-0.39, 0.29) is 0 Å². The maximum absolute atomic E-state index is 3.41. The van der Waals surface area contributed by atoms with E-state index in [2.05, 4.69) is 22.5 Å². The first-order chi connectivity index (χ1) is 5.84. The van der Waals surface area contributed by atoms with Gasteiger partial charge in [0.15, 0.2) is 0 Å². The zero-order chi connectivity index (χ0) is 8.81. The van der Waals surface area contributed by atoms with Crippen molar-refractivity contribution in [2.45, 2.75) is 19.4 Å². The van der Waals surface area contributed by atoms with Crippen molar-refractivity contribution in [1.29, 1.82) is 0 Å². The molecule has 0 aliphatic carbocycles. The molecular weight excluding hydrogens is 150 g/mol. The van der Waals surface area contributed by atoms with Crippen LogP contribution >= 0.6 is 0 Å². The Morgan fingerprint density at radius 3 is 3.00 bits per heavy atom. The van der Waals surface area contributed by atoms with E-state index in [0.717, 1.165) is 13.1 Å². The first kappa shape index (κ1) is 9.96. The van der Waals surface area contributed by atoms with Gasteiger partial charge in [0, 0.05) is 25.7 Å². The van der Waals surface area contributed by atoms with Crippen LogP contribution in [-0.4, -0.2) is 50.7 Å². The van der Waals surface area contributed by atoms with E-state index in [0.29, 0.717) is 6.04 Å². The Morgan fingerprint density at radius 2 is 2.25 bits per heavy atom. The topological polar surface area (TPSA) is 27.3 Å². The van der Waals surface area contributed by atoms with Gasteiger partial charge in [0.1, 0.15) is 0 Å². The normalized spacial score (nSPS) is 23.5. The largest absolute Gasteiger partial charge is 0.318 e. The van der Waals surface area contributed by atoms with Crippen LogP contribution in [0.1, 0.15) is 13.3 Å². The van der Waals surface area contributed by atoms with Crippen molar-refractivity contribution in [1.82, 2.24) is 15.5 Å². The molecule has 1 rings (SSSR count). The molecule has 2 N–H and O–H groups in total. The van der Waals surface area contributed by atoms with Crippen molar-refractivity contribution in [2.24, 2.45) is 0 Å². The lowest BCUT2D eigenvalue weighted by atomic mass is 10.2. The maximum atomic E-state index is 3.41. The van der Waals surface area contributed by atoms with Gasteiger partial charge in [-0.25, -0.2) is 0 Å². The summed E-state index contributed by atoms with van der Waals surface area (Å²) in [4.78, 5) is 2.55. The smallest absolute Gasteiger partial charge is 0.0192 e. The molecule has 0 saturated carbocycles. The number of nitrogens with zero attached hydrogens (tertiary/aromatic N) is 1. The molecule has 0 bridgehead atoms. The van der Waals surface area contributed by atoms with Gasteiger partial charge in [-0.2, -0.15) is 0 Å². The molecule has 72 valence electrons. The van der Waals surface area contributed by atoms with Gasteiger partial charge in [0.2, 0.25) is 0 Å². The molecule has 0 aromatic carbocycles. The Bertz CT molecular complexity index is 108. The fraction of sp³-hybridized carbons (Fsp3) is 1.00. The Labute approximate surface area is 75.5 Å². The highest BCUT2D eigenvalue weighted by Gasteiger charge is 2.13. The zero-order valence-electron chi connectivity index (χ0n) is 8.27. The van der Waals surface area contributed by atoms with E-state index in [4.69, 9.17) is 0 Å². The minimum atomic E-state index is 0.676. The summed E-state index contributed by atoms with van der Waals surface area (Å²) in [6.45, 7) is 8.16. The van der Waals surface area contributed by atoms with E-state index in [9.17, 15) is 0 Å². The van der Waals surface area contributed by atoms with E-state index in [1.807, 2.05) is 7.05 Å². The highest BCUT2D eigenvalue weighted by atomic mass is 15.2. The molecular formula is C9H21N3. The summed E-state index contributed by atoms with van der Waals surface area (Å²) < 4.78 is 0. The average Bonchev–Trinajstić information content (AvgIpc) is 2.32. The van der Waals surface area contributed by atoms with Crippen molar-refractivity contribution in [3.8, 4) is 0 Å². The predicted molar refractivity (Wildman–Crippen MR) is 52.4 cm³/mol. The number of hydrogen-bond donors (Lipinski definition) is 2. The Kier molecular flexibility index (Phi) is 4.58. The van der Waals surface area contributed by atoms with E-state index >= 15 is 0 Å². The van der Waals surface area contributed by atoms with Gasteiger partial charge in [0.05, 0.1) is 0 Å². The highest BCUT2D eigenvalue weighted by molar-refractivity contribution is 4.72. The maximum Gasteiger partial charge on any atom is 0.0192 e. The summed E-state index contributed by atoms with van der Waals surface area (Å²) in [5.74, 6) is 0. The first-order valence-corrected chi connectivity index (χ1v) is 4.94. The summed E-state index contributed by atoms with van der Waals surface area (Å²) in [6.07, 6.45) is 1.29. The third kappa shape index (κ3) is 3.09. The van der Waals surface area contributed by atoms with Crippen LogP contribution in [0.2, 0.25) is 0 Å². The van der Waals surface area contributed by atoms with Gasteiger partial charge in [0.25, 0.3) is 0 Å². The van der Waals surface area contributed by atoms with Gasteiger partial charge in [-0.05, 0) is 33.5 Å². The molecule has 12 heavy (non-hydrogen) atoms. The molecule has 0 aromatic heterocycles. The Morgan fingerprint density at radius 1 is 1.42 bits per heavy atom. The second kappa shape index (κ2) is 5.51. The van der Waals surface area contributed by atoms with Gasteiger partial charge >= 0.3 is 0 Å². The number of hydrogen-bond acceptors (Lipinski definition) is 3. The van der Waals surface area contributed by atoms with Gasteiger partial charge in [-0.15, -0.1) is 0 Å². The highest BCUT2D eigenvalue weighted by Crippen LogP contribution is 2.00. The summed E-state index contributed by atoms with van der Waals surface area (Å²) in [5.41, 5.74) is 0. The van der Waals surface area contributed by atoms with Crippen molar-refractivity contribution in [3.05, 3.63) is 0 Å². The van der Waals surface area contributed by atoms with Gasteiger partial charge in [-0.3, -0.25) is 4.90 Å². The number of likely N-dealkylation sites (N-methyl/N-ethyl adjacent to an activating group) is 1. The Hall–Kier alpha value is -0.120. The molecule has 0 amide bonds. The molecule has 1 aliphatic rings. The van der Waals surface area contributed by atoms with Gasteiger partial charge < -0.3 is 10.6 Å². The number of rotatable bonds is 3. The predicted octanol–water partition coefficient (Wildman–Crippen LogP) is -0.110. The third-order valence-electron chi connectivity index (χ3n) is 2.50. The molecule has 0 spiro atoms. The monoisotopic (exact) mass is 171 g/mol. The Balaban J connectivity index is 2.27. The van der Waals surface area contributed by atoms with Crippen molar-refractivity contribution >= 4 is 0 Å². The lowest BCUT2D eigenvalue weighted by molar-refractivity contribution is 0.220. The van der Waals surface area contributed by atoms with Gasteiger partial charge in [-0.1, -0.05) is 0 Å². The number of nitrogens with one attached hydrogen (secondary N) is 2. The van der Waals surface area contributed by atoms with Crippen LogP contribution in [0.15, 0.2) is 0 Å². The van der Waals surface area contributed by atoms with Crippen molar-refractivity contribution in [3.63, 3.8) is 0 Å². The van der Waals surface area contributed by atoms with Crippen LogP contribution in [0.3, 0.4) is 0 Å². The second-order valence-electron chi connectivity index (χ2n) is 3.55. The summed E-state index contributed by atoms with van der Waals surface area (Å²) in [7, 11) is 2.02. The van der Waals surface area contributed by atoms with Crippen LogP contribution < -0.4 is 10.6 Å². The quantitative estimate of drug-likeness (QED) is 0.620. The van der Waals surface area contributed by atoms with Crippen LogP contribution in [0.4, 0.5) is 0 Å².